The Bertz CT molecular complexity index is 1030. The lowest BCUT2D eigenvalue weighted by molar-refractivity contribution is 0.0924. The number of fused-ring (bicyclic) bond motifs is 1. The van der Waals surface area contributed by atoms with E-state index in [2.05, 4.69) is 27.7 Å². The van der Waals surface area contributed by atoms with Crippen molar-refractivity contribution in [3.63, 3.8) is 0 Å². The molecule has 1 heterocycles. The predicted octanol–water partition coefficient (Wildman–Crippen LogP) is 5.90. The highest BCUT2D eigenvalue weighted by Gasteiger charge is 2.31. The molecule has 0 aliphatic carbocycles. The number of aromatic nitrogens is 1. The van der Waals surface area contributed by atoms with Crippen LogP contribution >= 0.6 is 0 Å². The molecule has 0 bridgehead atoms. The minimum absolute atomic E-state index is 0.0421. The van der Waals surface area contributed by atoms with Gasteiger partial charge in [0.1, 0.15) is 11.5 Å². The molecule has 7 heteroatoms. The Balaban J connectivity index is 2.90. The van der Waals surface area contributed by atoms with Crippen molar-refractivity contribution in [1.29, 1.82) is 0 Å². The van der Waals surface area contributed by atoms with E-state index in [1.165, 1.54) is 4.90 Å². The van der Waals surface area contributed by atoms with Gasteiger partial charge >= 0.3 is 6.09 Å². The van der Waals surface area contributed by atoms with Gasteiger partial charge in [0.25, 0.3) is 5.56 Å². The van der Waals surface area contributed by atoms with E-state index >= 15 is 0 Å². The number of carboxylic acid groups (broad SMARTS) is 1. The third kappa shape index (κ3) is 6.65. The van der Waals surface area contributed by atoms with Crippen molar-refractivity contribution >= 4 is 16.9 Å². The monoisotopic (exact) mass is 460 g/mol. The molecule has 0 atom stereocenters. The smallest absolute Gasteiger partial charge is 0.408 e. The number of carbonyl (C=O) groups is 1. The molecule has 1 aromatic carbocycles. The van der Waals surface area contributed by atoms with Crippen LogP contribution in [0.15, 0.2) is 23.0 Å². The highest BCUT2D eigenvalue weighted by Crippen LogP contribution is 2.34. The molecule has 184 valence electrons. The molecule has 0 spiro atoms. The van der Waals surface area contributed by atoms with Crippen LogP contribution in [0.1, 0.15) is 73.9 Å². The van der Waals surface area contributed by atoms with Gasteiger partial charge in [-0.2, -0.15) is 0 Å². The Morgan fingerprint density at radius 3 is 2.24 bits per heavy atom. The number of rotatable bonds is 9. The van der Waals surface area contributed by atoms with E-state index in [-0.39, 0.29) is 17.5 Å². The highest BCUT2D eigenvalue weighted by molar-refractivity contribution is 5.90. The number of benzene rings is 1. The van der Waals surface area contributed by atoms with Gasteiger partial charge in [0, 0.05) is 17.5 Å². The van der Waals surface area contributed by atoms with E-state index < -0.39 is 11.6 Å². The van der Waals surface area contributed by atoms with E-state index in [0.717, 1.165) is 12.8 Å². The second kappa shape index (κ2) is 10.5. The van der Waals surface area contributed by atoms with Gasteiger partial charge < -0.3 is 19.1 Å². The molecular weight excluding hydrogens is 420 g/mol. The normalized spacial score (nSPS) is 12.1. The number of amides is 1. The molecule has 2 aromatic rings. The molecule has 7 nitrogen and oxygen atoms in total. The minimum atomic E-state index is -1.04. The maximum absolute atomic E-state index is 13.7. The molecular formula is C26H40N2O5. The topological polar surface area (TPSA) is 81.0 Å². The first-order chi connectivity index (χ1) is 15.3. The van der Waals surface area contributed by atoms with Crippen LogP contribution in [0, 0.1) is 5.41 Å². The lowest BCUT2D eigenvalue weighted by atomic mass is 9.96. The molecule has 0 unspecified atom stereocenters. The fourth-order valence-corrected chi connectivity index (χ4v) is 3.72. The molecule has 1 amide bonds. The Kier molecular flexibility index (Phi) is 8.44. The summed E-state index contributed by atoms with van der Waals surface area (Å²) in [7, 11) is 0. The fourth-order valence-electron chi connectivity index (χ4n) is 3.72. The van der Waals surface area contributed by atoms with E-state index in [0.29, 0.717) is 47.7 Å². The van der Waals surface area contributed by atoms with E-state index in [1.807, 2.05) is 33.8 Å². The van der Waals surface area contributed by atoms with Crippen molar-refractivity contribution in [1.82, 2.24) is 9.47 Å². The average molecular weight is 461 g/mol. The molecule has 0 aliphatic rings. The lowest BCUT2D eigenvalue weighted by Crippen LogP contribution is -2.45. The van der Waals surface area contributed by atoms with Crippen LogP contribution in [0.4, 0.5) is 4.79 Å². The zero-order valence-corrected chi connectivity index (χ0v) is 21.4. The minimum Gasteiger partial charge on any atom is -0.494 e. The first-order valence-electron chi connectivity index (χ1n) is 11.8. The second-order valence-corrected chi connectivity index (χ2v) is 10.6. The average Bonchev–Trinajstić information content (AvgIpc) is 2.68. The number of pyridine rings is 1. The summed E-state index contributed by atoms with van der Waals surface area (Å²) in [6, 6.07) is 5.40. The first-order valence-corrected chi connectivity index (χ1v) is 11.8. The van der Waals surface area contributed by atoms with Crippen LogP contribution in [-0.2, 0) is 13.1 Å². The highest BCUT2D eigenvalue weighted by atomic mass is 16.5. The molecule has 0 fully saturated rings. The van der Waals surface area contributed by atoms with Crippen molar-refractivity contribution in [3.05, 3.63) is 34.2 Å². The molecule has 1 N–H and O–H groups in total. The predicted molar refractivity (Wildman–Crippen MR) is 133 cm³/mol. The van der Waals surface area contributed by atoms with Crippen LogP contribution in [0.25, 0.3) is 10.8 Å². The Labute approximate surface area is 197 Å². The van der Waals surface area contributed by atoms with Gasteiger partial charge in [-0.05, 0) is 57.7 Å². The summed E-state index contributed by atoms with van der Waals surface area (Å²) in [5.41, 5.74) is -0.435. The van der Waals surface area contributed by atoms with Gasteiger partial charge in [0.15, 0.2) is 0 Å². The standard InChI is InChI=1S/C26H40N2O5/c1-9-11-14-33-22-20-15-18(32-10-2)12-13-19(20)23(29)27(17-25(3,4)5)21(22)16-28(24(30)31)26(6,7)8/h12-13,15H,9-11,14,16-17H2,1-8H3,(H,30,31). The summed E-state index contributed by atoms with van der Waals surface area (Å²) >= 11 is 0. The van der Waals surface area contributed by atoms with Crippen LogP contribution < -0.4 is 15.0 Å². The quantitative estimate of drug-likeness (QED) is 0.471. The van der Waals surface area contributed by atoms with Crippen molar-refractivity contribution in [2.45, 2.75) is 86.9 Å². The second-order valence-electron chi connectivity index (χ2n) is 10.6. The summed E-state index contributed by atoms with van der Waals surface area (Å²) in [4.78, 5) is 27.2. The van der Waals surface area contributed by atoms with Crippen LogP contribution in [0.3, 0.4) is 0 Å². The summed E-state index contributed by atoms with van der Waals surface area (Å²) in [5.74, 6) is 1.20. The Morgan fingerprint density at radius 1 is 1.06 bits per heavy atom. The number of hydrogen-bond donors (Lipinski definition) is 1. The fraction of sp³-hybridized carbons (Fsp3) is 0.615. The van der Waals surface area contributed by atoms with Crippen molar-refractivity contribution in [3.8, 4) is 11.5 Å². The molecule has 0 aliphatic heterocycles. The number of hydrogen-bond acceptors (Lipinski definition) is 4. The van der Waals surface area contributed by atoms with Crippen molar-refractivity contribution in [2.75, 3.05) is 13.2 Å². The van der Waals surface area contributed by atoms with Crippen LogP contribution in [-0.4, -0.2) is 39.4 Å². The maximum atomic E-state index is 13.7. The lowest BCUT2D eigenvalue weighted by Gasteiger charge is -2.35. The third-order valence-corrected chi connectivity index (χ3v) is 5.34. The maximum Gasteiger partial charge on any atom is 0.408 e. The van der Waals surface area contributed by atoms with Gasteiger partial charge in [0.2, 0.25) is 0 Å². The van der Waals surface area contributed by atoms with E-state index in [1.54, 1.807) is 16.7 Å². The first kappa shape index (κ1) is 26.6. The van der Waals surface area contributed by atoms with Crippen molar-refractivity contribution < 1.29 is 19.4 Å². The van der Waals surface area contributed by atoms with Gasteiger partial charge in [0.05, 0.1) is 30.8 Å². The van der Waals surface area contributed by atoms with Crippen molar-refractivity contribution in [2.24, 2.45) is 5.41 Å². The molecule has 0 saturated heterocycles. The number of unbranched alkanes of at least 4 members (excludes halogenated alkanes) is 1. The Hall–Kier alpha value is -2.70. The summed E-state index contributed by atoms with van der Waals surface area (Å²) in [6.07, 6.45) is 0.772. The van der Waals surface area contributed by atoms with E-state index in [4.69, 9.17) is 9.47 Å². The largest absolute Gasteiger partial charge is 0.494 e. The summed E-state index contributed by atoms with van der Waals surface area (Å²) < 4.78 is 13.7. The van der Waals surface area contributed by atoms with E-state index in [9.17, 15) is 14.7 Å². The SMILES string of the molecule is CCCCOc1c(CN(C(=O)O)C(C)(C)C)n(CC(C)(C)C)c(=O)c2ccc(OCC)cc12. The molecule has 33 heavy (non-hydrogen) atoms. The zero-order chi connectivity index (χ0) is 25.0. The molecule has 2 rings (SSSR count). The van der Waals surface area contributed by atoms with Gasteiger partial charge in [-0.3, -0.25) is 9.69 Å². The summed E-state index contributed by atoms with van der Waals surface area (Å²) in [6.45, 7) is 17.2. The van der Waals surface area contributed by atoms with Gasteiger partial charge in [-0.15, -0.1) is 0 Å². The number of ether oxygens (including phenoxy) is 2. The van der Waals surface area contributed by atoms with Crippen LogP contribution in [0.2, 0.25) is 0 Å². The molecule has 0 radical (unpaired) electrons. The Morgan fingerprint density at radius 2 is 1.73 bits per heavy atom. The van der Waals surface area contributed by atoms with Crippen LogP contribution in [0.5, 0.6) is 11.5 Å². The summed E-state index contributed by atoms with van der Waals surface area (Å²) in [5, 5.41) is 11.2. The van der Waals surface area contributed by atoms with Gasteiger partial charge in [-0.1, -0.05) is 34.1 Å². The number of nitrogens with zero attached hydrogens (tertiary/aromatic N) is 2. The third-order valence-electron chi connectivity index (χ3n) is 5.34. The molecule has 0 saturated carbocycles. The zero-order valence-electron chi connectivity index (χ0n) is 21.4. The van der Waals surface area contributed by atoms with Gasteiger partial charge in [-0.25, -0.2) is 4.79 Å². The molecule has 1 aromatic heterocycles.